The van der Waals surface area contributed by atoms with Crippen LogP contribution in [-0.2, 0) is 19.6 Å². The molecule has 0 unspecified atom stereocenters. The van der Waals surface area contributed by atoms with Gasteiger partial charge in [0.25, 0.3) is 0 Å². The van der Waals surface area contributed by atoms with Gasteiger partial charge >= 0.3 is 0 Å². The number of amides is 1. The first-order valence-electron chi connectivity index (χ1n) is 9.56. The van der Waals surface area contributed by atoms with E-state index in [9.17, 15) is 13.2 Å². The minimum atomic E-state index is -3.51. The van der Waals surface area contributed by atoms with Crippen LogP contribution in [0.2, 0.25) is 0 Å². The van der Waals surface area contributed by atoms with Gasteiger partial charge in [0.05, 0.1) is 24.7 Å². The molecule has 150 valence electrons. The lowest BCUT2D eigenvalue weighted by Gasteiger charge is -2.35. The highest BCUT2D eigenvalue weighted by atomic mass is 32.2. The fourth-order valence-corrected chi connectivity index (χ4v) is 4.82. The van der Waals surface area contributed by atoms with E-state index < -0.39 is 10.0 Å². The van der Waals surface area contributed by atoms with Gasteiger partial charge in [-0.05, 0) is 23.6 Å². The predicted molar refractivity (Wildman–Crippen MR) is 103 cm³/mol. The summed E-state index contributed by atoms with van der Waals surface area (Å²) in [5.41, 5.74) is 1.12. The second kappa shape index (κ2) is 8.68. The van der Waals surface area contributed by atoms with Crippen molar-refractivity contribution in [3.05, 3.63) is 29.8 Å². The van der Waals surface area contributed by atoms with E-state index >= 15 is 0 Å². The van der Waals surface area contributed by atoms with Gasteiger partial charge in [0.2, 0.25) is 15.9 Å². The van der Waals surface area contributed by atoms with Crippen LogP contribution in [0.5, 0.6) is 0 Å². The van der Waals surface area contributed by atoms with E-state index in [1.165, 1.54) is 4.31 Å². The van der Waals surface area contributed by atoms with E-state index in [2.05, 4.69) is 18.7 Å². The summed E-state index contributed by atoms with van der Waals surface area (Å²) in [4.78, 5) is 16.6. The van der Waals surface area contributed by atoms with Gasteiger partial charge in [-0.25, -0.2) is 8.42 Å². The second-order valence-electron chi connectivity index (χ2n) is 7.40. The average molecular weight is 396 g/mol. The van der Waals surface area contributed by atoms with Gasteiger partial charge in [0.15, 0.2) is 0 Å². The van der Waals surface area contributed by atoms with Gasteiger partial charge in [-0.3, -0.25) is 9.69 Å². The van der Waals surface area contributed by atoms with Crippen LogP contribution in [0, 0.1) is 0 Å². The SMILES string of the molecule is CC(C)c1ccc(S(=O)(=O)N2CCN(C(=O)CN3CCOCC3)CC2)cc1. The maximum atomic E-state index is 12.9. The summed E-state index contributed by atoms with van der Waals surface area (Å²) in [5, 5.41) is 0. The molecule has 0 bridgehead atoms. The van der Waals surface area contributed by atoms with E-state index in [0.29, 0.717) is 56.8 Å². The number of morpholine rings is 1. The number of nitrogens with zero attached hydrogens (tertiary/aromatic N) is 3. The number of sulfonamides is 1. The molecule has 0 radical (unpaired) electrons. The van der Waals surface area contributed by atoms with Gasteiger partial charge in [0, 0.05) is 39.3 Å². The smallest absolute Gasteiger partial charge is 0.243 e. The van der Waals surface area contributed by atoms with Crippen LogP contribution >= 0.6 is 0 Å². The standard InChI is InChI=1S/C19H29N3O4S/c1-16(2)17-3-5-18(6-4-17)27(24,25)22-9-7-21(8-10-22)19(23)15-20-11-13-26-14-12-20/h3-6,16H,7-15H2,1-2H3. The predicted octanol–water partition coefficient (Wildman–Crippen LogP) is 0.975. The number of benzene rings is 1. The Balaban J connectivity index is 1.56. The molecule has 8 heteroatoms. The largest absolute Gasteiger partial charge is 0.379 e. The minimum absolute atomic E-state index is 0.0650. The molecule has 2 aliphatic rings. The van der Waals surface area contributed by atoms with Crippen LogP contribution in [0.1, 0.15) is 25.3 Å². The van der Waals surface area contributed by atoms with E-state index in [0.717, 1.165) is 18.7 Å². The molecule has 1 amide bonds. The maximum absolute atomic E-state index is 12.9. The molecule has 0 N–H and O–H groups in total. The third-order valence-corrected chi connectivity index (χ3v) is 7.15. The van der Waals surface area contributed by atoms with E-state index in [1.807, 2.05) is 12.1 Å². The molecule has 1 aromatic carbocycles. The van der Waals surface area contributed by atoms with Crippen molar-refractivity contribution in [3.63, 3.8) is 0 Å². The Kier molecular flexibility index (Phi) is 6.52. The number of carbonyl (C=O) groups excluding carboxylic acids is 1. The van der Waals surface area contributed by atoms with Gasteiger partial charge < -0.3 is 9.64 Å². The van der Waals surface area contributed by atoms with Crippen molar-refractivity contribution in [1.82, 2.24) is 14.1 Å². The molecule has 3 rings (SSSR count). The van der Waals surface area contributed by atoms with Crippen LogP contribution in [0.4, 0.5) is 0 Å². The van der Waals surface area contributed by atoms with Crippen molar-refractivity contribution in [1.29, 1.82) is 0 Å². The first-order valence-corrected chi connectivity index (χ1v) is 11.0. The fourth-order valence-electron chi connectivity index (χ4n) is 3.40. The summed E-state index contributed by atoms with van der Waals surface area (Å²) in [6.45, 7) is 8.95. The molecule has 0 aliphatic carbocycles. The van der Waals surface area contributed by atoms with Gasteiger partial charge in [0.1, 0.15) is 0 Å². The molecule has 0 saturated carbocycles. The number of carbonyl (C=O) groups is 1. The Labute approximate surface area is 161 Å². The molecule has 27 heavy (non-hydrogen) atoms. The first kappa shape index (κ1) is 20.3. The third kappa shape index (κ3) is 4.87. The summed E-state index contributed by atoms with van der Waals surface area (Å²) in [5.74, 6) is 0.429. The van der Waals surface area contributed by atoms with Crippen molar-refractivity contribution in [2.75, 3.05) is 59.0 Å². The van der Waals surface area contributed by atoms with Crippen LogP contribution < -0.4 is 0 Å². The summed E-state index contributed by atoms with van der Waals surface area (Å²) in [6, 6.07) is 7.11. The molecule has 2 saturated heterocycles. The number of rotatable bonds is 5. The number of ether oxygens (including phenoxy) is 1. The van der Waals surface area contributed by atoms with Crippen molar-refractivity contribution in [2.45, 2.75) is 24.7 Å². The normalized spacial score (nSPS) is 20.2. The van der Waals surface area contributed by atoms with Crippen molar-refractivity contribution in [2.24, 2.45) is 0 Å². The van der Waals surface area contributed by atoms with E-state index in [4.69, 9.17) is 4.74 Å². The topological polar surface area (TPSA) is 70.2 Å². The molecule has 2 heterocycles. The van der Waals surface area contributed by atoms with Gasteiger partial charge in [-0.2, -0.15) is 4.31 Å². The Morgan fingerprint density at radius 2 is 1.59 bits per heavy atom. The Morgan fingerprint density at radius 1 is 1.00 bits per heavy atom. The quantitative estimate of drug-likeness (QED) is 0.743. The zero-order valence-corrected chi connectivity index (χ0v) is 17.0. The van der Waals surface area contributed by atoms with Crippen LogP contribution in [0.15, 0.2) is 29.2 Å². The second-order valence-corrected chi connectivity index (χ2v) is 9.34. The summed E-state index contributed by atoms with van der Waals surface area (Å²) < 4.78 is 32.5. The Morgan fingerprint density at radius 3 is 2.15 bits per heavy atom. The third-order valence-electron chi connectivity index (χ3n) is 5.24. The highest BCUT2D eigenvalue weighted by molar-refractivity contribution is 7.89. The number of piperazine rings is 1. The molecule has 7 nitrogen and oxygen atoms in total. The summed E-state index contributed by atoms with van der Waals surface area (Å²) in [7, 11) is -3.51. The monoisotopic (exact) mass is 395 g/mol. The van der Waals surface area contributed by atoms with Gasteiger partial charge in [-0.1, -0.05) is 26.0 Å². The maximum Gasteiger partial charge on any atom is 0.243 e. The number of hydrogen-bond donors (Lipinski definition) is 0. The van der Waals surface area contributed by atoms with Crippen LogP contribution in [-0.4, -0.2) is 87.5 Å². The van der Waals surface area contributed by atoms with Gasteiger partial charge in [-0.15, -0.1) is 0 Å². The van der Waals surface area contributed by atoms with Crippen LogP contribution in [0.25, 0.3) is 0 Å². The Bertz CT molecular complexity index is 735. The highest BCUT2D eigenvalue weighted by Crippen LogP contribution is 2.21. The van der Waals surface area contributed by atoms with Crippen molar-refractivity contribution < 1.29 is 17.9 Å². The molecule has 1 aromatic rings. The molecule has 0 atom stereocenters. The van der Waals surface area contributed by atoms with E-state index in [1.54, 1.807) is 17.0 Å². The van der Waals surface area contributed by atoms with Crippen molar-refractivity contribution in [3.8, 4) is 0 Å². The zero-order valence-electron chi connectivity index (χ0n) is 16.1. The molecular weight excluding hydrogens is 366 g/mol. The lowest BCUT2D eigenvalue weighted by molar-refractivity contribution is -0.134. The molecule has 0 aromatic heterocycles. The summed E-state index contributed by atoms with van der Waals surface area (Å²) >= 11 is 0. The zero-order chi connectivity index (χ0) is 19.4. The number of hydrogen-bond acceptors (Lipinski definition) is 5. The first-order chi connectivity index (χ1) is 12.9. The Hall–Kier alpha value is -1.48. The minimum Gasteiger partial charge on any atom is -0.379 e. The van der Waals surface area contributed by atoms with Crippen molar-refractivity contribution >= 4 is 15.9 Å². The fraction of sp³-hybridized carbons (Fsp3) is 0.632. The van der Waals surface area contributed by atoms with E-state index in [-0.39, 0.29) is 5.91 Å². The molecular formula is C19H29N3O4S. The highest BCUT2D eigenvalue weighted by Gasteiger charge is 2.30. The van der Waals surface area contributed by atoms with Crippen LogP contribution in [0.3, 0.4) is 0 Å². The lowest BCUT2D eigenvalue weighted by atomic mass is 10.0. The molecule has 2 aliphatic heterocycles. The lowest BCUT2D eigenvalue weighted by Crippen LogP contribution is -2.53. The molecule has 0 spiro atoms. The molecule has 2 fully saturated rings. The summed E-state index contributed by atoms with van der Waals surface area (Å²) in [6.07, 6.45) is 0. The average Bonchev–Trinajstić information content (AvgIpc) is 2.69.